The maximum Gasteiger partial charge on any atom is 0.246 e. The van der Waals surface area contributed by atoms with Gasteiger partial charge in [0.2, 0.25) is 5.89 Å². The number of aromatic nitrogens is 3. The van der Waals surface area contributed by atoms with Gasteiger partial charge in [0.15, 0.2) is 5.82 Å². The molecular weight excluding hydrogens is 264 g/mol. The molecule has 5 nitrogen and oxygen atoms in total. The second-order valence-electron chi connectivity index (χ2n) is 6.06. The Balaban J connectivity index is 1.70. The highest BCUT2D eigenvalue weighted by atomic mass is 16.5. The second-order valence-corrected chi connectivity index (χ2v) is 6.06. The highest BCUT2D eigenvalue weighted by Crippen LogP contribution is 2.37. The van der Waals surface area contributed by atoms with Crippen molar-refractivity contribution < 1.29 is 4.52 Å². The number of hydrogen-bond acceptors (Lipinski definition) is 5. The average Bonchev–Trinajstić information content (AvgIpc) is 2.98. The first kappa shape index (κ1) is 14.2. The van der Waals surface area contributed by atoms with E-state index in [0.29, 0.717) is 18.1 Å². The molecule has 2 N–H and O–H groups in total. The van der Waals surface area contributed by atoms with Gasteiger partial charge in [0.05, 0.1) is 5.54 Å². The van der Waals surface area contributed by atoms with Gasteiger partial charge in [-0.3, -0.25) is 4.98 Å². The summed E-state index contributed by atoms with van der Waals surface area (Å²) < 4.78 is 5.45. The second kappa shape index (κ2) is 5.93. The van der Waals surface area contributed by atoms with Crippen LogP contribution in [0.4, 0.5) is 0 Å². The lowest BCUT2D eigenvalue weighted by Gasteiger charge is -2.33. The number of nitrogens with two attached hydrogens (primary N) is 1. The monoisotopic (exact) mass is 286 g/mol. The highest BCUT2D eigenvalue weighted by Gasteiger charge is 2.37. The van der Waals surface area contributed by atoms with Crippen molar-refractivity contribution in [3.8, 4) is 0 Å². The van der Waals surface area contributed by atoms with Crippen molar-refractivity contribution in [3.63, 3.8) is 0 Å². The molecule has 0 saturated heterocycles. The fraction of sp³-hybridized carbons (Fsp3) is 0.562. The third-order valence-corrected chi connectivity index (χ3v) is 4.58. The summed E-state index contributed by atoms with van der Waals surface area (Å²) in [5, 5.41) is 4.08. The first-order valence-corrected chi connectivity index (χ1v) is 7.70. The molecular formula is C16H22N4O. The third kappa shape index (κ3) is 3.13. The van der Waals surface area contributed by atoms with E-state index < -0.39 is 5.54 Å². The van der Waals surface area contributed by atoms with Gasteiger partial charge in [0.25, 0.3) is 0 Å². The quantitative estimate of drug-likeness (QED) is 0.935. The fourth-order valence-electron chi connectivity index (χ4n) is 3.03. The van der Waals surface area contributed by atoms with Gasteiger partial charge in [0, 0.05) is 18.8 Å². The van der Waals surface area contributed by atoms with Crippen LogP contribution in [0.5, 0.6) is 0 Å². The summed E-state index contributed by atoms with van der Waals surface area (Å²) in [6.45, 7) is 2.24. The minimum Gasteiger partial charge on any atom is -0.337 e. The summed E-state index contributed by atoms with van der Waals surface area (Å²) in [5.41, 5.74) is 7.19. The summed E-state index contributed by atoms with van der Waals surface area (Å²) >= 11 is 0. The van der Waals surface area contributed by atoms with Crippen molar-refractivity contribution in [2.75, 3.05) is 0 Å². The van der Waals surface area contributed by atoms with Crippen LogP contribution < -0.4 is 5.73 Å². The number of rotatable bonds is 4. The Bertz CT molecular complexity index is 573. The van der Waals surface area contributed by atoms with E-state index in [1.807, 2.05) is 12.1 Å². The summed E-state index contributed by atoms with van der Waals surface area (Å²) in [6.07, 6.45) is 9.58. The van der Waals surface area contributed by atoms with Gasteiger partial charge in [-0.15, -0.1) is 0 Å². The topological polar surface area (TPSA) is 77.8 Å². The van der Waals surface area contributed by atoms with Crippen molar-refractivity contribution in [2.24, 2.45) is 11.7 Å². The Labute approximate surface area is 125 Å². The number of hydrogen-bond donors (Lipinski definition) is 1. The normalized spacial score (nSPS) is 25.9. The van der Waals surface area contributed by atoms with Crippen molar-refractivity contribution in [3.05, 3.63) is 41.8 Å². The molecule has 1 aliphatic carbocycles. The van der Waals surface area contributed by atoms with Gasteiger partial charge < -0.3 is 10.3 Å². The number of nitrogens with zero attached hydrogens (tertiary/aromatic N) is 3. The van der Waals surface area contributed by atoms with Crippen molar-refractivity contribution in [1.82, 2.24) is 15.1 Å². The van der Waals surface area contributed by atoms with E-state index in [2.05, 4.69) is 22.0 Å². The first-order valence-electron chi connectivity index (χ1n) is 7.70. The molecule has 0 bridgehead atoms. The van der Waals surface area contributed by atoms with Gasteiger partial charge in [-0.1, -0.05) is 18.5 Å². The van der Waals surface area contributed by atoms with E-state index in [9.17, 15) is 0 Å². The highest BCUT2D eigenvalue weighted by molar-refractivity contribution is 5.15. The fourth-order valence-corrected chi connectivity index (χ4v) is 3.03. The zero-order valence-corrected chi connectivity index (χ0v) is 12.5. The van der Waals surface area contributed by atoms with Crippen molar-refractivity contribution in [1.29, 1.82) is 0 Å². The zero-order valence-electron chi connectivity index (χ0n) is 12.5. The molecule has 0 amide bonds. The van der Waals surface area contributed by atoms with Crippen LogP contribution in [0.2, 0.25) is 0 Å². The molecule has 0 spiro atoms. The molecule has 5 heteroatoms. The van der Waals surface area contributed by atoms with Crippen LogP contribution in [0.3, 0.4) is 0 Å². The van der Waals surface area contributed by atoms with Crippen LogP contribution in [0.25, 0.3) is 0 Å². The van der Waals surface area contributed by atoms with Crippen LogP contribution >= 0.6 is 0 Å². The average molecular weight is 286 g/mol. The Morgan fingerprint density at radius 3 is 2.67 bits per heavy atom. The molecule has 2 aromatic heterocycles. The van der Waals surface area contributed by atoms with Crippen molar-refractivity contribution in [2.45, 2.75) is 51.0 Å². The lowest BCUT2D eigenvalue weighted by Crippen LogP contribution is -2.40. The lowest BCUT2D eigenvalue weighted by molar-refractivity contribution is 0.181. The molecule has 2 heterocycles. The maximum atomic E-state index is 6.50. The molecule has 0 atom stereocenters. The molecule has 3 rings (SSSR count). The van der Waals surface area contributed by atoms with E-state index in [0.717, 1.165) is 37.2 Å². The summed E-state index contributed by atoms with van der Waals surface area (Å²) in [6, 6.07) is 3.92. The van der Waals surface area contributed by atoms with Gasteiger partial charge in [-0.05, 0) is 49.3 Å². The minimum atomic E-state index is -0.435. The molecule has 0 radical (unpaired) electrons. The summed E-state index contributed by atoms with van der Waals surface area (Å²) in [5.74, 6) is 2.08. The van der Waals surface area contributed by atoms with E-state index in [1.54, 1.807) is 12.4 Å². The van der Waals surface area contributed by atoms with E-state index in [-0.39, 0.29) is 0 Å². The molecule has 0 aromatic carbocycles. The van der Waals surface area contributed by atoms with Crippen LogP contribution in [-0.2, 0) is 12.0 Å². The van der Waals surface area contributed by atoms with Crippen molar-refractivity contribution >= 4 is 0 Å². The smallest absolute Gasteiger partial charge is 0.246 e. The largest absolute Gasteiger partial charge is 0.337 e. The zero-order chi connectivity index (χ0) is 14.7. The van der Waals surface area contributed by atoms with Gasteiger partial charge in [-0.25, -0.2) is 0 Å². The molecule has 112 valence electrons. The van der Waals surface area contributed by atoms with Gasteiger partial charge in [-0.2, -0.15) is 4.98 Å². The molecule has 21 heavy (non-hydrogen) atoms. The molecule has 1 saturated carbocycles. The standard InChI is InChI=1S/C16H22N4O/c1-2-12-3-7-16(17,8-4-12)15-19-14(20-21-15)11-13-5-9-18-10-6-13/h5-6,9-10,12H,2-4,7-8,11,17H2,1H3. The Hall–Kier alpha value is -1.75. The predicted octanol–water partition coefficient (Wildman–Crippen LogP) is 2.81. The maximum absolute atomic E-state index is 6.50. The van der Waals surface area contributed by atoms with Gasteiger partial charge in [0.1, 0.15) is 0 Å². The van der Waals surface area contributed by atoms with E-state index >= 15 is 0 Å². The van der Waals surface area contributed by atoms with Crippen LogP contribution in [0, 0.1) is 5.92 Å². The molecule has 0 aliphatic heterocycles. The predicted molar refractivity (Wildman–Crippen MR) is 79.5 cm³/mol. The van der Waals surface area contributed by atoms with E-state index in [4.69, 9.17) is 10.3 Å². The van der Waals surface area contributed by atoms with Crippen LogP contribution in [-0.4, -0.2) is 15.1 Å². The Morgan fingerprint density at radius 2 is 2.00 bits per heavy atom. The summed E-state index contributed by atoms with van der Waals surface area (Å²) in [4.78, 5) is 8.54. The minimum absolute atomic E-state index is 0.435. The van der Waals surface area contributed by atoms with Crippen LogP contribution in [0.15, 0.2) is 29.0 Å². The van der Waals surface area contributed by atoms with E-state index in [1.165, 1.54) is 6.42 Å². The molecule has 1 fully saturated rings. The molecule has 0 unspecified atom stereocenters. The third-order valence-electron chi connectivity index (χ3n) is 4.58. The lowest BCUT2D eigenvalue weighted by atomic mass is 9.76. The molecule has 1 aliphatic rings. The number of pyridine rings is 1. The molecule has 2 aromatic rings. The summed E-state index contributed by atoms with van der Waals surface area (Å²) in [7, 11) is 0. The van der Waals surface area contributed by atoms with Crippen LogP contribution in [0.1, 0.15) is 56.3 Å². The SMILES string of the molecule is CCC1CCC(N)(c2nc(Cc3ccncc3)no2)CC1. The van der Waals surface area contributed by atoms with Gasteiger partial charge >= 0.3 is 0 Å². The Morgan fingerprint density at radius 1 is 1.29 bits per heavy atom. The first-order chi connectivity index (χ1) is 10.2. The Kier molecular flexibility index (Phi) is 4.01.